The summed E-state index contributed by atoms with van der Waals surface area (Å²) in [6.45, 7) is 17.4. The van der Waals surface area contributed by atoms with E-state index in [9.17, 15) is 0 Å². The van der Waals surface area contributed by atoms with Crippen LogP contribution in [0, 0.1) is 5.92 Å². The third-order valence-electron chi connectivity index (χ3n) is 3.71. The van der Waals surface area contributed by atoms with Gasteiger partial charge < -0.3 is 0 Å². The molecule has 0 bridgehead atoms. The Balaban J connectivity index is 0. The first kappa shape index (κ1) is 24.4. The molecule has 0 aromatic carbocycles. The average Bonchev–Trinajstić information content (AvgIpc) is 2.53. The molecule has 0 heterocycles. The summed E-state index contributed by atoms with van der Waals surface area (Å²) >= 11 is 0. The Morgan fingerprint density at radius 1 is 1.00 bits per heavy atom. The summed E-state index contributed by atoms with van der Waals surface area (Å²) < 4.78 is 0. The Bertz CT molecular complexity index is 334. The third-order valence-corrected chi connectivity index (χ3v) is 3.71. The standard InChI is InChI=1S/C20H37N.C2H6/c1-7-11-19(9-3)16-21-18(6)15-20(12-8-2)14-10-13-17(4)5;1-2/h9,14,16-18H,7-8,10-13,15H2,1-6H3;1-2H3/b19-9-,20-14+,21-16?;. The predicted octanol–water partition coefficient (Wildman–Crippen LogP) is 7.77. The molecule has 1 atom stereocenters. The van der Waals surface area contributed by atoms with Crippen LogP contribution in [0.2, 0.25) is 0 Å². The molecule has 0 N–H and O–H groups in total. The minimum Gasteiger partial charge on any atom is -0.290 e. The van der Waals surface area contributed by atoms with Gasteiger partial charge >= 0.3 is 0 Å². The molecule has 136 valence electrons. The molecule has 0 aliphatic carbocycles. The van der Waals surface area contributed by atoms with Crippen molar-refractivity contribution in [2.45, 2.75) is 106 Å². The first-order valence-electron chi connectivity index (χ1n) is 9.89. The van der Waals surface area contributed by atoms with Crippen LogP contribution in [0.5, 0.6) is 0 Å². The van der Waals surface area contributed by atoms with Gasteiger partial charge in [0.1, 0.15) is 0 Å². The van der Waals surface area contributed by atoms with Gasteiger partial charge in [-0.3, -0.25) is 4.99 Å². The molecule has 0 fully saturated rings. The first-order chi connectivity index (χ1) is 11.0. The maximum Gasteiger partial charge on any atom is 0.0508 e. The van der Waals surface area contributed by atoms with Gasteiger partial charge in [-0.25, -0.2) is 0 Å². The van der Waals surface area contributed by atoms with Crippen molar-refractivity contribution in [3.63, 3.8) is 0 Å². The molecule has 0 aromatic heterocycles. The zero-order valence-electron chi connectivity index (χ0n) is 17.3. The largest absolute Gasteiger partial charge is 0.290 e. The van der Waals surface area contributed by atoms with Crippen LogP contribution in [0.25, 0.3) is 0 Å². The summed E-state index contributed by atoms with van der Waals surface area (Å²) in [7, 11) is 0. The highest BCUT2D eigenvalue weighted by Crippen LogP contribution is 2.17. The zero-order chi connectivity index (χ0) is 18.1. The van der Waals surface area contributed by atoms with Crippen LogP contribution in [0.4, 0.5) is 0 Å². The fourth-order valence-electron chi connectivity index (χ4n) is 2.46. The lowest BCUT2D eigenvalue weighted by molar-refractivity contribution is 0.590. The molecule has 0 saturated heterocycles. The number of hydrogen-bond acceptors (Lipinski definition) is 1. The Hall–Kier alpha value is -0.850. The molecule has 0 rings (SSSR count). The molecule has 0 spiro atoms. The van der Waals surface area contributed by atoms with Gasteiger partial charge in [0.05, 0.1) is 6.04 Å². The Morgan fingerprint density at radius 2 is 1.61 bits per heavy atom. The van der Waals surface area contributed by atoms with Crippen LogP contribution in [0.15, 0.2) is 28.3 Å². The van der Waals surface area contributed by atoms with E-state index in [1.54, 1.807) is 5.57 Å². The van der Waals surface area contributed by atoms with E-state index in [0.29, 0.717) is 6.04 Å². The number of hydrogen-bond donors (Lipinski definition) is 0. The summed E-state index contributed by atoms with van der Waals surface area (Å²) in [6.07, 6.45) is 15.2. The topological polar surface area (TPSA) is 12.4 Å². The van der Waals surface area contributed by atoms with Gasteiger partial charge in [-0.05, 0) is 57.4 Å². The average molecular weight is 322 g/mol. The van der Waals surface area contributed by atoms with E-state index < -0.39 is 0 Å². The summed E-state index contributed by atoms with van der Waals surface area (Å²) in [4.78, 5) is 4.75. The fraction of sp³-hybridized carbons (Fsp3) is 0.773. The number of allylic oxidation sites excluding steroid dienone is 3. The molecule has 1 unspecified atom stereocenters. The third kappa shape index (κ3) is 15.8. The summed E-state index contributed by atoms with van der Waals surface area (Å²) in [6, 6.07) is 0.397. The van der Waals surface area contributed by atoms with Crippen LogP contribution in [0.3, 0.4) is 0 Å². The van der Waals surface area contributed by atoms with Gasteiger partial charge in [-0.15, -0.1) is 0 Å². The van der Waals surface area contributed by atoms with Crippen LogP contribution >= 0.6 is 0 Å². The fourth-order valence-corrected chi connectivity index (χ4v) is 2.46. The van der Waals surface area contributed by atoms with Gasteiger partial charge in [0.25, 0.3) is 0 Å². The lowest BCUT2D eigenvalue weighted by Crippen LogP contribution is -2.02. The first-order valence-corrected chi connectivity index (χ1v) is 9.89. The Morgan fingerprint density at radius 3 is 2.09 bits per heavy atom. The summed E-state index contributed by atoms with van der Waals surface area (Å²) in [5.74, 6) is 0.797. The SMILES string of the molecule is C/C=C(\C=NC(C)C/C(=C/CCC(C)C)CCC)CCC.CC. The van der Waals surface area contributed by atoms with Crippen molar-refractivity contribution in [3.8, 4) is 0 Å². The van der Waals surface area contributed by atoms with Crippen LogP contribution in [0.1, 0.15) is 100 Å². The zero-order valence-corrected chi connectivity index (χ0v) is 17.3. The highest BCUT2D eigenvalue weighted by atomic mass is 14.7. The van der Waals surface area contributed by atoms with E-state index in [0.717, 1.165) is 18.8 Å². The minimum absolute atomic E-state index is 0.397. The van der Waals surface area contributed by atoms with Crippen molar-refractivity contribution in [2.24, 2.45) is 10.9 Å². The van der Waals surface area contributed by atoms with Crippen molar-refractivity contribution < 1.29 is 0 Å². The molecular formula is C22H43N. The van der Waals surface area contributed by atoms with Crippen molar-refractivity contribution in [3.05, 3.63) is 23.3 Å². The maximum atomic E-state index is 4.75. The quantitative estimate of drug-likeness (QED) is 0.272. The van der Waals surface area contributed by atoms with Crippen LogP contribution in [-0.2, 0) is 0 Å². The monoisotopic (exact) mass is 321 g/mol. The number of aliphatic imine (C=N–C) groups is 1. The molecule has 0 radical (unpaired) electrons. The molecule has 0 aliphatic rings. The second-order valence-electron chi connectivity index (χ2n) is 6.53. The molecule has 1 nitrogen and oxygen atoms in total. The highest BCUT2D eigenvalue weighted by Gasteiger charge is 2.04. The molecular weight excluding hydrogens is 278 g/mol. The van der Waals surface area contributed by atoms with E-state index in [-0.39, 0.29) is 0 Å². The van der Waals surface area contributed by atoms with Gasteiger partial charge in [-0.1, -0.05) is 72.1 Å². The molecule has 0 aromatic rings. The van der Waals surface area contributed by atoms with E-state index in [2.05, 4.69) is 59.9 Å². The van der Waals surface area contributed by atoms with E-state index in [1.807, 2.05) is 13.8 Å². The van der Waals surface area contributed by atoms with Crippen molar-refractivity contribution >= 4 is 6.21 Å². The lowest BCUT2D eigenvalue weighted by Gasteiger charge is -2.11. The Kier molecular flexibility index (Phi) is 18.6. The normalized spacial score (nSPS) is 14.1. The smallest absolute Gasteiger partial charge is 0.0508 e. The van der Waals surface area contributed by atoms with Gasteiger partial charge in [0.2, 0.25) is 0 Å². The highest BCUT2D eigenvalue weighted by molar-refractivity contribution is 5.78. The number of nitrogens with zero attached hydrogens (tertiary/aromatic N) is 1. The minimum atomic E-state index is 0.397. The number of rotatable bonds is 11. The second kappa shape index (κ2) is 17.5. The van der Waals surface area contributed by atoms with Gasteiger partial charge in [0.15, 0.2) is 0 Å². The van der Waals surface area contributed by atoms with E-state index in [4.69, 9.17) is 4.99 Å². The molecule has 0 saturated carbocycles. The van der Waals surface area contributed by atoms with E-state index in [1.165, 1.54) is 37.7 Å². The van der Waals surface area contributed by atoms with Gasteiger partial charge in [-0.2, -0.15) is 0 Å². The van der Waals surface area contributed by atoms with Crippen molar-refractivity contribution in [1.29, 1.82) is 0 Å². The van der Waals surface area contributed by atoms with Crippen molar-refractivity contribution in [1.82, 2.24) is 0 Å². The van der Waals surface area contributed by atoms with Crippen LogP contribution < -0.4 is 0 Å². The van der Waals surface area contributed by atoms with Crippen molar-refractivity contribution in [2.75, 3.05) is 0 Å². The second-order valence-corrected chi connectivity index (χ2v) is 6.53. The van der Waals surface area contributed by atoms with E-state index >= 15 is 0 Å². The maximum absolute atomic E-state index is 4.75. The summed E-state index contributed by atoms with van der Waals surface area (Å²) in [5, 5.41) is 0. The molecule has 23 heavy (non-hydrogen) atoms. The van der Waals surface area contributed by atoms with Crippen LogP contribution in [-0.4, -0.2) is 12.3 Å². The Labute approximate surface area is 147 Å². The lowest BCUT2D eigenvalue weighted by atomic mass is 9.99. The summed E-state index contributed by atoms with van der Waals surface area (Å²) in [5.41, 5.74) is 2.96. The predicted molar refractivity (Wildman–Crippen MR) is 110 cm³/mol. The molecule has 1 heteroatoms. The van der Waals surface area contributed by atoms with Gasteiger partial charge in [0, 0.05) is 6.21 Å². The molecule has 0 aliphatic heterocycles. The molecule has 0 amide bonds.